The Morgan fingerprint density at radius 2 is 0.889 bits per heavy atom. The van der Waals surface area contributed by atoms with Gasteiger partial charge in [-0.2, -0.15) is 0 Å². The highest BCUT2D eigenvalue weighted by molar-refractivity contribution is 5.77. The van der Waals surface area contributed by atoms with Gasteiger partial charge < -0.3 is 30.6 Å². The zero-order chi connectivity index (χ0) is 26.8. The van der Waals surface area contributed by atoms with Crippen LogP contribution >= 0.6 is 0 Å². The van der Waals surface area contributed by atoms with E-state index in [0.717, 1.165) is 9.80 Å². The number of aliphatic carboxylic acids is 4. The molecular formula is C24H28N2O10. The second kappa shape index (κ2) is 13.1. The monoisotopic (exact) mass is 504 g/mol. The van der Waals surface area contributed by atoms with Gasteiger partial charge in [-0.3, -0.25) is 29.0 Å². The van der Waals surface area contributed by atoms with Gasteiger partial charge in [0.25, 0.3) is 0 Å². The van der Waals surface area contributed by atoms with E-state index in [2.05, 4.69) is 0 Å². The summed E-state index contributed by atoms with van der Waals surface area (Å²) in [5, 5.41) is 57.2. The van der Waals surface area contributed by atoms with Gasteiger partial charge in [-0.25, -0.2) is 0 Å². The van der Waals surface area contributed by atoms with E-state index in [0.29, 0.717) is 11.1 Å². The Hall–Kier alpha value is -4.16. The Bertz CT molecular complexity index is 970. The van der Waals surface area contributed by atoms with Crippen molar-refractivity contribution in [1.29, 1.82) is 0 Å². The minimum absolute atomic E-state index is 0.0225. The summed E-state index contributed by atoms with van der Waals surface area (Å²) in [4.78, 5) is 49.3. The molecular weight excluding hydrogens is 476 g/mol. The first kappa shape index (κ1) is 28.1. The first-order valence-electron chi connectivity index (χ1n) is 10.9. The third kappa shape index (κ3) is 8.89. The van der Waals surface area contributed by atoms with E-state index in [1.165, 1.54) is 48.5 Å². The number of nitrogens with zero attached hydrogens (tertiary/aromatic N) is 2. The minimum Gasteiger partial charge on any atom is -0.508 e. The number of phenols is 2. The molecule has 0 radical (unpaired) electrons. The van der Waals surface area contributed by atoms with Crippen LogP contribution in [0.1, 0.15) is 11.1 Å². The summed E-state index contributed by atoms with van der Waals surface area (Å²) in [6.07, 6.45) is -0.199. The molecule has 0 aliphatic heterocycles. The molecule has 2 aromatic rings. The number of carboxylic acids is 4. The van der Waals surface area contributed by atoms with Crippen molar-refractivity contribution in [3.63, 3.8) is 0 Å². The van der Waals surface area contributed by atoms with Gasteiger partial charge in [0.05, 0.1) is 13.1 Å². The van der Waals surface area contributed by atoms with E-state index in [-0.39, 0.29) is 37.4 Å². The summed E-state index contributed by atoms with van der Waals surface area (Å²) in [7, 11) is 0. The van der Waals surface area contributed by atoms with Gasteiger partial charge in [0, 0.05) is 13.1 Å². The van der Waals surface area contributed by atoms with Crippen molar-refractivity contribution in [2.45, 2.75) is 24.9 Å². The quantitative estimate of drug-likeness (QED) is 0.197. The molecule has 12 nitrogen and oxygen atoms in total. The van der Waals surface area contributed by atoms with Crippen molar-refractivity contribution in [1.82, 2.24) is 9.80 Å². The van der Waals surface area contributed by atoms with Gasteiger partial charge in [0.15, 0.2) is 0 Å². The largest absolute Gasteiger partial charge is 0.508 e. The van der Waals surface area contributed by atoms with Crippen LogP contribution < -0.4 is 0 Å². The number of benzene rings is 2. The third-order valence-electron chi connectivity index (χ3n) is 5.53. The highest BCUT2D eigenvalue weighted by Crippen LogP contribution is 2.17. The zero-order valence-electron chi connectivity index (χ0n) is 19.2. The SMILES string of the molecule is O=C(O)CN(CCN(CC(=O)O)C(Cc1ccc(O)cc1)C(=O)O)C(Cc1ccc(O)cc1)C(=O)O. The molecule has 0 bridgehead atoms. The van der Waals surface area contributed by atoms with E-state index in [9.17, 15) is 49.8 Å². The Morgan fingerprint density at radius 3 is 1.14 bits per heavy atom. The molecule has 0 saturated carbocycles. The summed E-state index contributed by atoms with van der Waals surface area (Å²) < 4.78 is 0. The van der Waals surface area contributed by atoms with Gasteiger partial charge in [-0.05, 0) is 48.2 Å². The third-order valence-corrected chi connectivity index (χ3v) is 5.53. The maximum absolute atomic E-state index is 12.0. The van der Waals surface area contributed by atoms with Crippen molar-refractivity contribution in [2.24, 2.45) is 0 Å². The van der Waals surface area contributed by atoms with Crippen LogP contribution in [0.5, 0.6) is 11.5 Å². The topological polar surface area (TPSA) is 196 Å². The van der Waals surface area contributed by atoms with E-state index in [4.69, 9.17) is 0 Å². The molecule has 6 N–H and O–H groups in total. The lowest BCUT2D eigenvalue weighted by molar-refractivity contribution is -0.150. The Kier molecular flexibility index (Phi) is 10.2. The normalized spacial score (nSPS) is 12.8. The van der Waals surface area contributed by atoms with Crippen LogP contribution in [-0.4, -0.2) is 103 Å². The molecule has 0 aliphatic rings. The molecule has 0 aliphatic carbocycles. The summed E-state index contributed by atoms with van der Waals surface area (Å²) in [6.45, 7) is -1.83. The van der Waals surface area contributed by atoms with Crippen LogP contribution in [-0.2, 0) is 32.0 Å². The van der Waals surface area contributed by atoms with Crippen LogP contribution in [0.2, 0.25) is 0 Å². The number of hydrogen-bond acceptors (Lipinski definition) is 8. The molecule has 2 aromatic carbocycles. The van der Waals surface area contributed by atoms with Gasteiger partial charge in [-0.1, -0.05) is 24.3 Å². The summed E-state index contributed by atoms with van der Waals surface area (Å²) in [5.41, 5.74) is 1.04. The standard InChI is InChI=1S/C24H28N2O10/c27-17-5-1-15(2-6-17)11-19(23(33)34)25(13-21(29)30)9-10-26(14-22(31)32)20(24(35)36)12-16-3-7-18(28)8-4-16/h1-8,19-20,27-28H,9-14H2,(H,29,30)(H,31,32)(H,33,34)(H,35,36). The average molecular weight is 504 g/mol. The van der Waals surface area contributed by atoms with Crippen molar-refractivity contribution in [2.75, 3.05) is 26.2 Å². The van der Waals surface area contributed by atoms with Gasteiger partial charge in [0.2, 0.25) is 0 Å². The second-order valence-corrected chi connectivity index (χ2v) is 8.18. The zero-order valence-corrected chi connectivity index (χ0v) is 19.2. The first-order chi connectivity index (χ1) is 17.0. The molecule has 12 heteroatoms. The predicted octanol–water partition coefficient (Wildman–Crippen LogP) is 0.563. The van der Waals surface area contributed by atoms with E-state index >= 15 is 0 Å². The number of hydrogen-bond donors (Lipinski definition) is 6. The maximum atomic E-state index is 12.0. The van der Waals surface area contributed by atoms with Crippen LogP contribution in [0.4, 0.5) is 0 Å². The molecule has 0 saturated heterocycles. The van der Waals surface area contributed by atoms with Crippen molar-refractivity contribution < 1.29 is 49.8 Å². The molecule has 36 heavy (non-hydrogen) atoms. The lowest BCUT2D eigenvalue weighted by Gasteiger charge is -2.32. The fraction of sp³-hybridized carbons (Fsp3) is 0.333. The molecule has 2 atom stereocenters. The minimum atomic E-state index is -1.31. The second-order valence-electron chi connectivity index (χ2n) is 8.18. The summed E-state index contributed by atoms with van der Waals surface area (Å²) >= 11 is 0. The molecule has 0 heterocycles. The summed E-state index contributed by atoms with van der Waals surface area (Å²) in [5.74, 6) is -5.29. The number of carbonyl (C=O) groups is 4. The number of carboxylic acid groups (broad SMARTS) is 4. The van der Waals surface area contributed by atoms with Gasteiger partial charge >= 0.3 is 23.9 Å². The smallest absolute Gasteiger partial charge is 0.321 e. The Morgan fingerprint density at radius 1 is 0.583 bits per heavy atom. The highest BCUT2D eigenvalue weighted by Gasteiger charge is 2.31. The van der Waals surface area contributed by atoms with Crippen LogP contribution in [0.25, 0.3) is 0 Å². The average Bonchev–Trinajstić information content (AvgIpc) is 2.79. The fourth-order valence-electron chi connectivity index (χ4n) is 3.75. The molecule has 0 spiro atoms. The maximum Gasteiger partial charge on any atom is 0.321 e. The number of phenolic OH excluding ortho intramolecular Hbond substituents is 2. The lowest BCUT2D eigenvalue weighted by Crippen LogP contribution is -2.52. The number of rotatable bonds is 15. The van der Waals surface area contributed by atoms with E-state index < -0.39 is 49.1 Å². The molecule has 2 rings (SSSR count). The molecule has 2 unspecified atom stereocenters. The van der Waals surface area contributed by atoms with E-state index in [1.807, 2.05) is 0 Å². The lowest BCUT2D eigenvalue weighted by atomic mass is 10.0. The van der Waals surface area contributed by atoms with Crippen molar-refractivity contribution in [3.05, 3.63) is 59.7 Å². The molecule has 194 valence electrons. The van der Waals surface area contributed by atoms with Crippen LogP contribution in [0.3, 0.4) is 0 Å². The van der Waals surface area contributed by atoms with Crippen LogP contribution in [0, 0.1) is 0 Å². The highest BCUT2D eigenvalue weighted by atomic mass is 16.4. The van der Waals surface area contributed by atoms with Crippen LogP contribution in [0.15, 0.2) is 48.5 Å². The van der Waals surface area contributed by atoms with Gasteiger partial charge in [0.1, 0.15) is 23.6 Å². The first-order valence-corrected chi connectivity index (χ1v) is 10.9. The predicted molar refractivity (Wildman–Crippen MR) is 125 cm³/mol. The number of aromatic hydroxyl groups is 2. The summed E-state index contributed by atoms with van der Waals surface area (Å²) in [6, 6.07) is 8.85. The van der Waals surface area contributed by atoms with E-state index in [1.54, 1.807) is 0 Å². The van der Waals surface area contributed by atoms with Crippen molar-refractivity contribution >= 4 is 23.9 Å². The van der Waals surface area contributed by atoms with Gasteiger partial charge in [-0.15, -0.1) is 0 Å². The molecule has 0 amide bonds. The molecule has 0 aromatic heterocycles. The Balaban J connectivity index is 2.27. The molecule has 0 fully saturated rings. The van der Waals surface area contributed by atoms with Crippen molar-refractivity contribution in [3.8, 4) is 11.5 Å². The fourth-order valence-corrected chi connectivity index (χ4v) is 3.75. The Labute approximate surface area is 206 Å².